The van der Waals surface area contributed by atoms with E-state index in [1.54, 1.807) is 30.0 Å². The molecule has 6 heteroatoms. The molecule has 0 unspecified atom stereocenters. The van der Waals surface area contributed by atoms with Gasteiger partial charge < -0.3 is 10.2 Å². The Morgan fingerprint density at radius 1 is 1.07 bits per heavy atom. The monoisotopic (exact) mass is 434 g/mol. The number of carbonyl (C=O) groups excluding carboxylic acids is 2. The third kappa shape index (κ3) is 6.48. The largest absolute Gasteiger partial charge is 0.352 e. The van der Waals surface area contributed by atoms with Gasteiger partial charge in [-0.3, -0.25) is 9.59 Å². The molecule has 0 bridgehead atoms. The summed E-state index contributed by atoms with van der Waals surface area (Å²) in [6.45, 7) is 8.07. The maximum absolute atomic E-state index is 13.2. The molecule has 0 radical (unpaired) electrons. The van der Waals surface area contributed by atoms with Crippen LogP contribution in [0.2, 0.25) is 10.0 Å². The quantitative estimate of drug-likeness (QED) is 0.622. The Bertz CT molecular complexity index is 870. The summed E-state index contributed by atoms with van der Waals surface area (Å²) in [7, 11) is 0. The summed E-state index contributed by atoms with van der Waals surface area (Å²) in [5.74, 6) is -0.326. The van der Waals surface area contributed by atoms with Gasteiger partial charge >= 0.3 is 0 Å². The van der Waals surface area contributed by atoms with Crippen LogP contribution in [-0.2, 0) is 22.6 Å². The molecule has 0 aromatic heterocycles. The van der Waals surface area contributed by atoms with E-state index in [9.17, 15) is 9.59 Å². The van der Waals surface area contributed by atoms with E-state index in [0.717, 1.165) is 17.5 Å². The zero-order valence-electron chi connectivity index (χ0n) is 17.3. The van der Waals surface area contributed by atoms with Crippen LogP contribution >= 0.6 is 23.2 Å². The van der Waals surface area contributed by atoms with Gasteiger partial charge in [0.05, 0.1) is 6.42 Å². The van der Waals surface area contributed by atoms with E-state index in [4.69, 9.17) is 23.2 Å². The summed E-state index contributed by atoms with van der Waals surface area (Å²) in [4.78, 5) is 27.6. The van der Waals surface area contributed by atoms with E-state index in [2.05, 4.69) is 5.32 Å². The molecule has 0 aliphatic rings. The highest BCUT2D eigenvalue weighted by Gasteiger charge is 2.27. The molecule has 4 nitrogen and oxygen atoms in total. The molecule has 0 fully saturated rings. The van der Waals surface area contributed by atoms with Crippen LogP contribution in [0, 0.1) is 6.92 Å². The standard InChI is InChI=1S/C23H28Cl2N2O2/c1-5-16(3)26-23(29)17(4)27(14-19-9-7-6-8-15(19)2)22(28)12-18-10-11-20(24)13-21(18)25/h6-11,13,16-17H,5,12,14H2,1-4H3,(H,26,29)/t16-,17+/m0/s1. The van der Waals surface area contributed by atoms with E-state index in [-0.39, 0.29) is 24.3 Å². The third-order valence-electron chi connectivity index (χ3n) is 5.13. The Balaban J connectivity index is 2.28. The minimum absolute atomic E-state index is 0.0473. The molecule has 0 spiro atoms. The van der Waals surface area contributed by atoms with Crippen LogP contribution in [0.1, 0.15) is 43.9 Å². The second kappa shape index (κ2) is 10.7. The van der Waals surface area contributed by atoms with Gasteiger partial charge in [-0.05, 0) is 56.0 Å². The number of carbonyl (C=O) groups is 2. The van der Waals surface area contributed by atoms with Crippen molar-refractivity contribution in [1.82, 2.24) is 10.2 Å². The fraction of sp³-hybridized carbons (Fsp3) is 0.391. The van der Waals surface area contributed by atoms with Gasteiger partial charge in [0.1, 0.15) is 6.04 Å². The van der Waals surface area contributed by atoms with E-state index in [0.29, 0.717) is 22.2 Å². The van der Waals surface area contributed by atoms with Gasteiger partial charge in [0.25, 0.3) is 0 Å². The number of halogens is 2. The van der Waals surface area contributed by atoms with Gasteiger partial charge in [0.2, 0.25) is 11.8 Å². The predicted molar refractivity (Wildman–Crippen MR) is 119 cm³/mol. The third-order valence-corrected chi connectivity index (χ3v) is 5.71. The van der Waals surface area contributed by atoms with Crippen LogP contribution < -0.4 is 5.32 Å². The molecule has 2 amide bonds. The van der Waals surface area contributed by atoms with Gasteiger partial charge in [-0.1, -0.05) is 60.5 Å². The van der Waals surface area contributed by atoms with Gasteiger partial charge in [-0.2, -0.15) is 0 Å². The van der Waals surface area contributed by atoms with Gasteiger partial charge in [0.15, 0.2) is 0 Å². The number of nitrogens with zero attached hydrogens (tertiary/aromatic N) is 1. The smallest absolute Gasteiger partial charge is 0.242 e. The fourth-order valence-electron chi connectivity index (χ4n) is 2.95. The first-order valence-corrected chi connectivity index (χ1v) is 10.6. The minimum atomic E-state index is -0.609. The summed E-state index contributed by atoms with van der Waals surface area (Å²) in [6, 6.07) is 12.4. The Kier molecular flexibility index (Phi) is 8.54. The molecule has 0 heterocycles. The van der Waals surface area contributed by atoms with E-state index in [1.165, 1.54) is 0 Å². The summed E-state index contributed by atoms with van der Waals surface area (Å²) >= 11 is 12.2. The van der Waals surface area contributed by atoms with Crippen LogP contribution in [0.3, 0.4) is 0 Å². The molecule has 2 atom stereocenters. The van der Waals surface area contributed by atoms with Crippen molar-refractivity contribution in [1.29, 1.82) is 0 Å². The molecule has 0 aliphatic heterocycles. The molecule has 1 N–H and O–H groups in total. The van der Waals surface area contributed by atoms with Crippen molar-refractivity contribution in [3.63, 3.8) is 0 Å². The summed E-state index contributed by atoms with van der Waals surface area (Å²) in [6.07, 6.45) is 0.924. The van der Waals surface area contributed by atoms with Crippen molar-refractivity contribution in [2.24, 2.45) is 0 Å². The summed E-state index contributed by atoms with van der Waals surface area (Å²) < 4.78 is 0. The van der Waals surface area contributed by atoms with E-state index >= 15 is 0 Å². The SMILES string of the molecule is CC[C@H](C)NC(=O)[C@@H](C)N(Cc1ccccc1C)C(=O)Cc1ccc(Cl)cc1Cl. The van der Waals surface area contributed by atoms with Crippen molar-refractivity contribution >= 4 is 35.0 Å². The molecular formula is C23H28Cl2N2O2. The van der Waals surface area contributed by atoms with E-state index in [1.807, 2.05) is 45.0 Å². The predicted octanol–water partition coefficient (Wildman–Crippen LogP) is 5.18. The average molecular weight is 435 g/mol. The number of aryl methyl sites for hydroxylation is 1. The number of nitrogens with one attached hydrogen (secondary N) is 1. The summed E-state index contributed by atoms with van der Waals surface area (Å²) in [5, 5.41) is 3.93. The van der Waals surface area contributed by atoms with E-state index < -0.39 is 6.04 Å². The Labute approximate surface area is 183 Å². The first kappa shape index (κ1) is 23.2. The first-order chi connectivity index (χ1) is 13.7. The van der Waals surface area contributed by atoms with Crippen molar-refractivity contribution in [2.75, 3.05) is 0 Å². The lowest BCUT2D eigenvalue weighted by atomic mass is 10.1. The van der Waals surface area contributed by atoms with Gasteiger partial charge in [-0.25, -0.2) is 0 Å². The Morgan fingerprint density at radius 2 is 1.76 bits per heavy atom. The van der Waals surface area contributed by atoms with Crippen LogP contribution in [0.4, 0.5) is 0 Å². The topological polar surface area (TPSA) is 49.4 Å². The first-order valence-electron chi connectivity index (χ1n) is 9.81. The molecule has 0 saturated heterocycles. The molecule has 29 heavy (non-hydrogen) atoms. The maximum atomic E-state index is 13.2. The van der Waals surface area contributed by atoms with Gasteiger partial charge in [0, 0.05) is 22.6 Å². The number of benzene rings is 2. The Morgan fingerprint density at radius 3 is 2.38 bits per heavy atom. The van der Waals surface area contributed by atoms with Crippen LogP contribution in [0.5, 0.6) is 0 Å². The molecule has 2 rings (SSSR count). The van der Waals surface area contributed by atoms with Crippen molar-refractivity contribution in [3.05, 3.63) is 69.2 Å². The number of hydrogen-bond donors (Lipinski definition) is 1. The van der Waals surface area contributed by atoms with Gasteiger partial charge in [-0.15, -0.1) is 0 Å². The average Bonchev–Trinajstić information content (AvgIpc) is 2.68. The zero-order chi connectivity index (χ0) is 21.6. The highest BCUT2D eigenvalue weighted by atomic mass is 35.5. The number of amides is 2. The fourth-order valence-corrected chi connectivity index (χ4v) is 3.42. The summed E-state index contributed by atoms with van der Waals surface area (Å²) in [5.41, 5.74) is 2.76. The Hall–Kier alpha value is -2.04. The van der Waals surface area contributed by atoms with Crippen LogP contribution in [0.25, 0.3) is 0 Å². The molecule has 2 aromatic rings. The minimum Gasteiger partial charge on any atom is -0.352 e. The molecule has 0 saturated carbocycles. The van der Waals surface area contributed by atoms with Crippen LogP contribution in [-0.4, -0.2) is 28.8 Å². The number of rotatable bonds is 8. The highest BCUT2D eigenvalue weighted by Crippen LogP contribution is 2.23. The lowest BCUT2D eigenvalue weighted by molar-refractivity contribution is -0.140. The normalized spacial score (nSPS) is 12.9. The molecule has 2 aromatic carbocycles. The van der Waals surface area contributed by atoms with Crippen molar-refractivity contribution < 1.29 is 9.59 Å². The lowest BCUT2D eigenvalue weighted by Crippen LogP contribution is -2.50. The molecular weight excluding hydrogens is 407 g/mol. The zero-order valence-corrected chi connectivity index (χ0v) is 18.8. The van der Waals surface area contributed by atoms with Crippen molar-refractivity contribution in [2.45, 2.75) is 59.2 Å². The lowest BCUT2D eigenvalue weighted by Gasteiger charge is -2.30. The number of hydrogen-bond acceptors (Lipinski definition) is 2. The second-order valence-corrected chi connectivity index (χ2v) is 8.20. The van der Waals surface area contributed by atoms with Crippen LogP contribution in [0.15, 0.2) is 42.5 Å². The second-order valence-electron chi connectivity index (χ2n) is 7.35. The maximum Gasteiger partial charge on any atom is 0.242 e. The molecule has 0 aliphatic carbocycles. The van der Waals surface area contributed by atoms with Crippen molar-refractivity contribution in [3.8, 4) is 0 Å². The highest BCUT2D eigenvalue weighted by molar-refractivity contribution is 6.35. The molecule has 156 valence electrons.